The number of rotatable bonds is 5. The summed E-state index contributed by atoms with van der Waals surface area (Å²) in [5.41, 5.74) is 4.39. The summed E-state index contributed by atoms with van der Waals surface area (Å²) in [4.78, 5) is 16.6. The van der Waals surface area contributed by atoms with Crippen LogP contribution in [0.5, 0.6) is 0 Å². The summed E-state index contributed by atoms with van der Waals surface area (Å²) < 4.78 is 11.0. The monoisotopic (exact) mass is 372 g/mol. The fourth-order valence-corrected chi connectivity index (χ4v) is 2.85. The zero-order valence-corrected chi connectivity index (χ0v) is 15.7. The summed E-state index contributed by atoms with van der Waals surface area (Å²) in [6.07, 6.45) is 4.61. The quantitative estimate of drug-likeness (QED) is 0.445. The molecule has 0 saturated carbocycles. The minimum absolute atomic E-state index is 0.229. The van der Waals surface area contributed by atoms with Crippen LogP contribution in [0.3, 0.4) is 0 Å². The van der Waals surface area contributed by atoms with Crippen molar-refractivity contribution in [2.45, 2.75) is 19.8 Å². The van der Waals surface area contributed by atoms with E-state index in [0.717, 1.165) is 16.7 Å². The van der Waals surface area contributed by atoms with Crippen LogP contribution in [0.15, 0.2) is 75.8 Å². The first kappa shape index (κ1) is 17.8. The number of nitrogens with one attached hydrogen (secondary N) is 1. The van der Waals surface area contributed by atoms with Crippen molar-refractivity contribution in [3.63, 3.8) is 0 Å². The molecule has 2 aromatic heterocycles. The molecule has 1 amide bonds. The highest BCUT2D eigenvalue weighted by Gasteiger charge is 2.10. The number of amides is 1. The van der Waals surface area contributed by atoms with Gasteiger partial charge in [0.15, 0.2) is 5.58 Å². The van der Waals surface area contributed by atoms with E-state index >= 15 is 0 Å². The Balaban J connectivity index is 1.48. The van der Waals surface area contributed by atoms with E-state index in [1.807, 2.05) is 30.3 Å². The number of nitrogens with zero attached hydrogens (tertiary/aromatic N) is 1. The lowest BCUT2D eigenvalue weighted by Gasteiger charge is -2.02. The van der Waals surface area contributed by atoms with Gasteiger partial charge in [-0.3, -0.25) is 4.79 Å². The average molecular weight is 372 g/mol. The zero-order valence-electron chi connectivity index (χ0n) is 15.7. The molecule has 4 rings (SSSR count). The van der Waals surface area contributed by atoms with Gasteiger partial charge in [0.05, 0.1) is 6.26 Å². The molecule has 4 aromatic rings. The SMILES string of the molecule is CC(C)c1ccc2oc(-c3ccc(NC(=O)C=Cc4ccco4)cc3)nc2c1. The van der Waals surface area contributed by atoms with Gasteiger partial charge in [0, 0.05) is 17.3 Å². The lowest BCUT2D eigenvalue weighted by molar-refractivity contribution is -0.111. The molecule has 2 heterocycles. The van der Waals surface area contributed by atoms with Gasteiger partial charge in [-0.2, -0.15) is 0 Å². The molecule has 2 aromatic carbocycles. The molecule has 0 fully saturated rings. The zero-order chi connectivity index (χ0) is 19.5. The van der Waals surface area contributed by atoms with E-state index in [1.54, 1.807) is 24.5 Å². The van der Waals surface area contributed by atoms with E-state index in [2.05, 4.69) is 36.3 Å². The van der Waals surface area contributed by atoms with Crippen molar-refractivity contribution < 1.29 is 13.6 Å². The summed E-state index contributed by atoms with van der Waals surface area (Å²) in [6, 6.07) is 17.0. The Morgan fingerprint density at radius 1 is 1.11 bits per heavy atom. The van der Waals surface area contributed by atoms with Gasteiger partial charge in [-0.1, -0.05) is 19.9 Å². The summed E-state index contributed by atoms with van der Waals surface area (Å²) >= 11 is 0. The fourth-order valence-electron chi connectivity index (χ4n) is 2.85. The van der Waals surface area contributed by atoms with Crippen molar-refractivity contribution in [1.29, 1.82) is 0 Å². The van der Waals surface area contributed by atoms with Gasteiger partial charge in [-0.25, -0.2) is 4.98 Å². The standard InChI is InChI=1S/C23H20N2O3/c1-15(2)17-7-11-21-20(14-17)25-23(28-21)16-5-8-18(9-6-16)24-22(26)12-10-19-4-3-13-27-19/h3-15H,1-2H3,(H,24,26). The summed E-state index contributed by atoms with van der Waals surface area (Å²) in [5, 5.41) is 2.81. The molecule has 0 bridgehead atoms. The van der Waals surface area contributed by atoms with Crippen molar-refractivity contribution in [3.05, 3.63) is 78.3 Å². The van der Waals surface area contributed by atoms with Gasteiger partial charge in [0.2, 0.25) is 11.8 Å². The van der Waals surface area contributed by atoms with Gasteiger partial charge >= 0.3 is 0 Å². The van der Waals surface area contributed by atoms with Crippen LogP contribution in [0.1, 0.15) is 31.1 Å². The Bertz CT molecular complexity index is 1120. The number of benzene rings is 2. The van der Waals surface area contributed by atoms with E-state index in [9.17, 15) is 4.79 Å². The number of aromatic nitrogens is 1. The van der Waals surface area contributed by atoms with Crippen molar-refractivity contribution in [2.75, 3.05) is 5.32 Å². The number of hydrogen-bond acceptors (Lipinski definition) is 4. The third kappa shape index (κ3) is 3.88. The highest BCUT2D eigenvalue weighted by Crippen LogP contribution is 2.27. The molecule has 5 heteroatoms. The smallest absolute Gasteiger partial charge is 0.248 e. The van der Waals surface area contributed by atoms with E-state index in [0.29, 0.717) is 23.3 Å². The highest BCUT2D eigenvalue weighted by atomic mass is 16.3. The van der Waals surface area contributed by atoms with E-state index in [-0.39, 0.29) is 5.91 Å². The van der Waals surface area contributed by atoms with Crippen molar-refractivity contribution >= 4 is 28.8 Å². The van der Waals surface area contributed by atoms with Crippen LogP contribution in [-0.2, 0) is 4.79 Å². The van der Waals surface area contributed by atoms with Crippen LogP contribution in [0.4, 0.5) is 5.69 Å². The number of fused-ring (bicyclic) bond motifs is 1. The number of furan rings is 1. The topological polar surface area (TPSA) is 68.3 Å². The first-order chi connectivity index (χ1) is 13.6. The van der Waals surface area contributed by atoms with Crippen molar-refractivity contribution in [3.8, 4) is 11.5 Å². The van der Waals surface area contributed by atoms with Crippen LogP contribution in [0.25, 0.3) is 28.6 Å². The average Bonchev–Trinajstić information content (AvgIpc) is 3.36. The second-order valence-electron chi connectivity index (χ2n) is 6.82. The number of anilines is 1. The van der Waals surface area contributed by atoms with Gasteiger partial charge in [-0.15, -0.1) is 0 Å². The predicted molar refractivity (Wildman–Crippen MR) is 110 cm³/mol. The second kappa shape index (κ2) is 7.56. The normalized spacial score (nSPS) is 11.5. The highest BCUT2D eigenvalue weighted by molar-refractivity contribution is 6.01. The third-order valence-corrected chi connectivity index (χ3v) is 4.42. The molecule has 0 aliphatic carbocycles. The first-order valence-corrected chi connectivity index (χ1v) is 9.12. The van der Waals surface area contributed by atoms with Crippen LogP contribution in [0, 0.1) is 0 Å². The summed E-state index contributed by atoms with van der Waals surface area (Å²) in [7, 11) is 0. The van der Waals surface area contributed by atoms with Gasteiger partial charge in [0.25, 0.3) is 0 Å². The van der Waals surface area contributed by atoms with E-state index in [4.69, 9.17) is 8.83 Å². The van der Waals surface area contributed by atoms with Crippen LogP contribution >= 0.6 is 0 Å². The lowest BCUT2D eigenvalue weighted by Crippen LogP contribution is -2.07. The Morgan fingerprint density at radius 3 is 2.64 bits per heavy atom. The van der Waals surface area contributed by atoms with E-state index < -0.39 is 0 Å². The summed E-state index contributed by atoms with van der Waals surface area (Å²) in [6.45, 7) is 4.30. The molecular weight excluding hydrogens is 352 g/mol. The summed E-state index contributed by atoms with van der Waals surface area (Å²) in [5.74, 6) is 1.40. The maximum absolute atomic E-state index is 12.0. The molecule has 0 atom stereocenters. The Morgan fingerprint density at radius 2 is 1.93 bits per heavy atom. The second-order valence-corrected chi connectivity index (χ2v) is 6.82. The Hall–Kier alpha value is -3.60. The first-order valence-electron chi connectivity index (χ1n) is 9.12. The van der Waals surface area contributed by atoms with Gasteiger partial charge < -0.3 is 14.2 Å². The molecule has 0 spiro atoms. The number of oxazole rings is 1. The predicted octanol–water partition coefficient (Wildman–Crippen LogP) is 5.86. The van der Waals surface area contributed by atoms with Crippen molar-refractivity contribution in [2.24, 2.45) is 0 Å². The van der Waals surface area contributed by atoms with E-state index in [1.165, 1.54) is 11.6 Å². The Labute approximate surface area is 162 Å². The van der Waals surface area contributed by atoms with Crippen LogP contribution < -0.4 is 5.32 Å². The molecule has 5 nitrogen and oxygen atoms in total. The number of carbonyl (C=O) groups excluding carboxylic acids is 1. The molecule has 0 aliphatic rings. The lowest BCUT2D eigenvalue weighted by atomic mass is 10.0. The molecule has 1 N–H and O–H groups in total. The van der Waals surface area contributed by atoms with Gasteiger partial charge in [-0.05, 0) is 66.1 Å². The molecule has 140 valence electrons. The molecular formula is C23H20N2O3. The minimum Gasteiger partial charge on any atom is -0.465 e. The molecule has 0 saturated heterocycles. The Kier molecular flexibility index (Phi) is 4.81. The van der Waals surface area contributed by atoms with Crippen molar-refractivity contribution in [1.82, 2.24) is 4.98 Å². The minimum atomic E-state index is -0.229. The maximum atomic E-state index is 12.0. The number of carbonyl (C=O) groups is 1. The number of hydrogen-bond donors (Lipinski definition) is 1. The molecule has 0 unspecified atom stereocenters. The maximum Gasteiger partial charge on any atom is 0.248 e. The third-order valence-electron chi connectivity index (χ3n) is 4.42. The molecule has 28 heavy (non-hydrogen) atoms. The fraction of sp³-hybridized carbons (Fsp3) is 0.130. The largest absolute Gasteiger partial charge is 0.465 e. The molecule has 0 aliphatic heterocycles. The van der Waals surface area contributed by atoms with Crippen LogP contribution in [0.2, 0.25) is 0 Å². The van der Waals surface area contributed by atoms with Crippen LogP contribution in [-0.4, -0.2) is 10.9 Å². The molecule has 0 radical (unpaired) electrons. The van der Waals surface area contributed by atoms with Gasteiger partial charge in [0.1, 0.15) is 11.3 Å².